The number of hydrogen-bond acceptors (Lipinski definition) is 6. The molecule has 0 saturated heterocycles. The van der Waals surface area contributed by atoms with Gasteiger partial charge < -0.3 is 20.6 Å². The van der Waals surface area contributed by atoms with Crippen LogP contribution in [0.2, 0.25) is 0 Å². The van der Waals surface area contributed by atoms with Gasteiger partial charge in [-0.1, -0.05) is 0 Å². The molecule has 62 valence electrons. The zero-order valence-corrected chi connectivity index (χ0v) is 5.36. The summed E-state index contributed by atoms with van der Waals surface area (Å²) in [7, 11) is 0. The van der Waals surface area contributed by atoms with Crippen LogP contribution in [0.5, 0.6) is 0 Å². The molecule has 6 heteroatoms. The first-order valence-corrected chi connectivity index (χ1v) is 2.82. The SMILES string of the molecule is ONC[C@@H](O)[C@@H](O)CNO. The molecule has 0 spiro atoms. The third kappa shape index (κ3) is 3.72. The normalized spacial score (nSPS) is 16.8. The van der Waals surface area contributed by atoms with Gasteiger partial charge in [0.05, 0.1) is 12.2 Å². The zero-order valence-electron chi connectivity index (χ0n) is 5.36. The van der Waals surface area contributed by atoms with E-state index in [1.807, 2.05) is 0 Å². The molecule has 0 saturated carbocycles. The number of aliphatic hydroxyl groups is 2. The first-order chi connectivity index (χ1) is 4.72. The summed E-state index contributed by atoms with van der Waals surface area (Å²) >= 11 is 0. The van der Waals surface area contributed by atoms with Crippen molar-refractivity contribution in [1.29, 1.82) is 0 Å². The highest BCUT2D eigenvalue weighted by molar-refractivity contribution is 4.67. The van der Waals surface area contributed by atoms with E-state index in [9.17, 15) is 0 Å². The lowest BCUT2D eigenvalue weighted by molar-refractivity contribution is -0.0181. The van der Waals surface area contributed by atoms with Gasteiger partial charge in [0.25, 0.3) is 0 Å². The molecule has 6 nitrogen and oxygen atoms in total. The summed E-state index contributed by atoms with van der Waals surface area (Å²) in [6.45, 7) is -0.272. The summed E-state index contributed by atoms with van der Waals surface area (Å²) in [5, 5.41) is 33.7. The molecule has 6 N–H and O–H groups in total. The van der Waals surface area contributed by atoms with Crippen LogP contribution in [0.1, 0.15) is 0 Å². The molecule has 0 aromatic heterocycles. The zero-order chi connectivity index (χ0) is 7.98. The van der Waals surface area contributed by atoms with Crippen LogP contribution in [-0.4, -0.2) is 45.9 Å². The van der Waals surface area contributed by atoms with E-state index in [1.165, 1.54) is 0 Å². The topological polar surface area (TPSA) is 105 Å². The van der Waals surface area contributed by atoms with Crippen molar-refractivity contribution in [2.24, 2.45) is 0 Å². The van der Waals surface area contributed by atoms with Gasteiger partial charge in [-0.25, -0.2) is 11.0 Å². The number of rotatable bonds is 5. The second-order valence-corrected chi connectivity index (χ2v) is 1.86. The third-order valence-corrected chi connectivity index (χ3v) is 1.05. The Bertz CT molecular complexity index is 71.7. The highest BCUT2D eigenvalue weighted by Crippen LogP contribution is 1.88. The van der Waals surface area contributed by atoms with Crippen molar-refractivity contribution < 1.29 is 20.6 Å². The minimum absolute atomic E-state index is 0.136. The van der Waals surface area contributed by atoms with Crippen LogP contribution in [0.3, 0.4) is 0 Å². The third-order valence-electron chi connectivity index (χ3n) is 1.05. The van der Waals surface area contributed by atoms with Crippen LogP contribution in [-0.2, 0) is 0 Å². The van der Waals surface area contributed by atoms with Crippen molar-refractivity contribution in [3.63, 3.8) is 0 Å². The molecular weight excluding hydrogens is 140 g/mol. The van der Waals surface area contributed by atoms with E-state index in [1.54, 1.807) is 11.0 Å². The average Bonchev–Trinajstić information content (AvgIpc) is 1.89. The van der Waals surface area contributed by atoms with E-state index in [0.717, 1.165) is 0 Å². The lowest BCUT2D eigenvalue weighted by Crippen LogP contribution is -2.40. The molecule has 10 heavy (non-hydrogen) atoms. The van der Waals surface area contributed by atoms with Crippen molar-refractivity contribution in [3.05, 3.63) is 0 Å². The summed E-state index contributed by atoms with van der Waals surface area (Å²) in [6.07, 6.45) is -2.19. The highest BCUT2D eigenvalue weighted by Gasteiger charge is 2.14. The maximum atomic E-state index is 8.83. The Morgan fingerprint density at radius 1 is 0.900 bits per heavy atom. The first kappa shape index (κ1) is 9.76. The van der Waals surface area contributed by atoms with Gasteiger partial charge in [0.2, 0.25) is 0 Å². The largest absolute Gasteiger partial charge is 0.389 e. The van der Waals surface area contributed by atoms with Crippen LogP contribution in [0.15, 0.2) is 0 Å². The molecule has 0 aliphatic heterocycles. The molecule has 0 aliphatic rings. The maximum absolute atomic E-state index is 8.83. The molecule has 0 bridgehead atoms. The summed E-state index contributed by atoms with van der Waals surface area (Å²) in [6, 6.07) is 0. The number of nitrogens with one attached hydrogen (secondary N) is 2. The van der Waals surface area contributed by atoms with Gasteiger partial charge in [0.1, 0.15) is 0 Å². The Hall–Kier alpha value is -0.240. The Morgan fingerprint density at radius 2 is 1.20 bits per heavy atom. The van der Waals surface area contributed by atoms with Crippen LogP contribution >= 0.6 is 0 Å². The molecular formula is C4H12N2O4. The fraction of sp³-hybridized carbons (Fsp3) is 1.00. The molecule has 0 heterocycles. The number of hydroxylamine groups is 2. The van der Waals surface area contributed by atoms with Crippen molar-refractivity contribution in [2.45, 2.75) is 12.2 Å². The van der Waals surface area contributed by atoms with E-state index in [4.69, 9.17) is 20.6 Å². The van der Waals surface area contributed by atoms with Crippen LogP contribution in [0, 0.1) is 0 Å². The molecule has 0 aromatic carbocycles. The molecule has 0 radical (unpaired) electrons. The molecule has 0 rings (SSSR count). The van der Waals surface area contributed by atoms with Gasteiger partial charge in [-0.15, -0.1) is 0 Å². The second kappa shape index (κ2) is 5.54. The fourth-order valence-electron chi connectivity index (χ4n) is 0.459. The summed E-state index contributed by atoms with van der Waals surface area (Å²) in [4.78, 5) is 0. The predicted molar refractivity (Wildman–Crippen MR) is 31.6 cm³/mol. The molecule has 0 unspecified atom stereocenters. The van der Waals surface area contributed by atoms with Crippen molar-refractivity contribution in [3.8, 4) is 0 Å². The van der Waals surface area contributed by atoms with Gasteiger partial charge in [-0.2, -0.15) is 0 Å². The lowest BCUT2D eigenvalue weighted by Gasteiger charge is -2.15. The highest BCUT2D eigenvalue weighted by atomic mass is 16.5. The smallest absolute Gasteiger partial charge is 0.0959 e. The fourth-order valence-corrected chi connectivity index (χ4v) is 0.459. The van der Waals surface area contributed by atoms with E-state index in [0.29, 0.717) is 0 Å². The standard InChI is InChI=1S/C4H12N2O4/c7-3(1-5-9)4(8)2-6-10/h3-10H,1-2H2/t3-,4+. The Kier molecular flexibility index (Phi) is 5.40. The van der Waals surface area contributed by atoms with Crippen molar-refractivity contribution >= 4 is 0 Å². The van der Waals surface area contributed by atoms with E-state index >= 15 is 0 Å². The van der Waals surface area contributed by atoms with Crippen molar-refractivity contribution in [1.82, 2.24) is 11.0 Å². The van der Waals surface area contributed by atoms with E-state index in [2.05, 4.69) is 0 Å². The number of hydrogen-bond donors (Lipinski definition) is 6. The predicted octanol–water partition coefficient (Wildman–Crippen LogP) is -2.33. The van der Waals surface area contributed by atoms with Crippen LogP contribution in [0.4, 0.5) is 0 Å². The van der Waals surface area contributed by atoms with Crippen LogP contribution in [0.25, 0.3) is 0 Å². The summed E-state index contributed by atoms with van der Waals surface area (Å²) in [5.74, 6) is 0. The van der Waals surface area contributed by atoms with Gasteiger partial charge in [-0.3, -0.25) is 0 Å². The minimum Gasteiger partial charge on any atom is -0.389 e. The van der Waals surface area contributed by atoms with Gasteiger partial charge in [0, 0.05) is 13.1 Å². The Balaban J connectivity index is 3.38. The van der Waals surface area contributed by atoms with Gasteiger partial charge >= 0.3 is 0 Å². The van der Waals surface area contributed by atoms with Gasteiger partial charge in [0.15, 0.2) is 0 Å². The Labute approximate surface area is 58.0 Å². The van der Waals surface area contributed by atoms with E-state index < -0.39 is 12.2 Å². The molecule has 0 fully saturated rings. The molecule has 0 aliphatic carbocycles. The maximum Gasteiger partial charge on any atom is 0.0959 e. The van der Waals surface area contributed by atoms with Crippen molar-refractivity contribution in [2.75, 3.05) is 13.1 Å². The monoisotopic (exact) mass is 152 g/mol. The van der Waals surface area contributed by atoms with E-state index in [-0.39, 0.29) is 13.1 Å². The number of aliphatic hydroxyl groups excluding tert-OH is 2. The van der Waals surface area contributed by atoms with Gasteiger partial charge in [-0.05, 0) is 0 Å². The molecule has 0 aromatic rings. The lowest BCUT2D eigenvalue weighted by atomic mass is 10.2. The first-order valence-electron chi connectivity index (χ1n) is 2.82. The summed E-state index contributed by atoms with van der Waals surface area (Å²) < 4.78 is 0. The Morgan fingerprint density at radius 3 is 1.40 bits per heavy atom. The molecule has 2 atom stereocenters. The quantitative estimate of drug-likeness (QED) is 0.247. The van der Waals surface area contributed by atoms with Crippen LogP contribution < -0.4 is 11.0 Å². The second-order valence-electron chi connectivity index (χ2n) is 1.86. The minimum atomic E-state index is -1.09. The average molecular weight is 152 g/mol. The molecule has 0 amide bonds. The summed E-state index contributed by atoms with van der Waals surface area (Å²) in [5.41, 5.74) is 3.37.